The van der Waals surface area contributed by atoms with Crippen LogP contribution in [0.5, 0.6) is 0 Å². The van der Waals surface area contributed by atoms with Crippen molar-refractivity contribution in [3.8, 4) is 0 Å². The molecule has 0 spiro atoms. The molecule has 0 radical (unpaired) electrons. The molecular weight excluding hydrogens is 360 g/mol. The fraction of sp³-hybridized carbons (Fsp3) is 0.381. The Balaban J connectivity index is 2.31. The fourth-order valence-corrected chi connectivity index (χ4v) is 4.16. The van der Waals surface area contributed by atoms with Crippen molar-refractivity contribution >= 4 is 27.3 Å². The van der Waals surface area contributed by atoms with E-state index in [1.807, 2.05) is 50.2 Å². The summed E-state index contributed by atoms with van der Waals surface area (Å²) in [4.78, 5) is 12.8. The first-order valence-electron chi connectivity index (χ1n) is 8.98. The highest BCUT2D eigenvalue weighted by atomic mass is 32.2. The number of carbonyl (C=O) groups excluding carboxylic acids is 1. The highest BCUT2D eigenvalue weighted by Crippen LogP contribution is 2.27. The molecule has 0 saturated heterocycles. The fourth-order valence-electron chi connectivity index (χ4n) is 2.94. The molecule has 0 heterocycles. The van der Waals surface area contributed by atoms with Crippen LogP contribution in [0.4, 0.5) is 11.4 Å². The molecule has 2 rings (SSSR count). The molecule has 5 nitrogen and oxygen atoms in total. The lowest BCUT2D eigenvalue weighted by molar-refractivity contribution is -0.116. The van der Waals surface area contributed by atoms with Gasteiger partial charge in [0.05, 0.1) is 11.9 Å². The predicted molar refractivity (Wildman–Crippen MR) is 112 cm³/mol. The minimum absolute atomic E-state index is 0.376. The van der Waals surface area contributed by atoms with E-state index in [9.17, 15) is 13.2 Å². The number of hydrogen-bond acceptors (Lipinski definition) is 3. The van der Waals surface area contributed by atoms with Gasteiger partial charge in [0.2, 0.25) is 15.9 Å². The van der Waals surface area contributed by atoms with E-state index in [4.69, 9.17) is 0 Å². The Morgan fingerprint density at radius 1 is 1.00 bits per heavy atom. The third kappa shape index (κ3) is 5.10. The van der Waals surface area contributed by atoms with Crippen molar-refractivity contribution in [2.75, 3.05) is 15.9 Å². The number of carbonyl (C=O) groups is 1. The summed E-state index contributed by atoms with van der Waals surface area (Å²) in [5.41, 5.74) is 4.07. The third-order valence-corrected chi connectivity index (χ3v) is 5.76. The Hall–Kier alpha value is -2.34. The van der Waals surface area contributed by atoms with E-state index in [0.717, 1.165) is 17.4 Å². The largest absolute Gasteiger partial charge is 0.324 e. The van der Waals surface area contributed by atoms with Crippen LogP contribution in [0.25, 0.3) is 0 Å². The topological polar surface area (TPSA) is 66.5 Å². The Morgan fingerprint density at radius 3 is 2.11 bits per heavy atom. The molecule has 1 N–H and O–H groups in total. The zero-order valence-corrected chi connectivity index (χ0v) is 17.6. The van der Waals surface area contributed by atoms with Gasteiger partial charge in [0.15, 0.2) is 0 Å². The van der Waals surface area contributed by atoms with E-state index in [0.29, 0.717) is 17.3 Å². The lowest BCUT2D eigenvalue weighted by Gasteiger charge is -2.29. The first-order chi connectivity index (χ1) is 12.5. The zero-order valence-electron chi connectivity index (χ0n) is 16.8. The number of amides is 1. The monoisotopic (exact) mass is 388 g/mol. The summed E-state index contributed by atoms with van der Waals surface area (Å²) in [5, 5.41) is 2.82. The number of nitrogens with one attached hydrogen (secondary N) is 1. The molecule has 2 aromatic carbocycles. The van der Waals surface area contributed by atoms with Gasteiger partial charge in [0.1, 0.15) is 6.04 Å². The molecular formula is C21H28N2O3S. The molecule has 27 heavy (non-hydrogen) atoms. The number of nitrogens with zero attached hydrogens (tertiary/aromatic N) is 1. The van der Waals surface area contributed by atoms with Gasteiger partial charge in [0.25, 0.3) is 0 Å². The van der Waals surface area contributed by atoms with Crippen molar-refractivity contribution < 1.29 is 13.2 Å². The van der Waals surface area contributed by atoms with Gasteiger partial charge in [-0.2, -0.15) is 0 Å². The van der Waals surface area contributed by atoms with Crippen molar-refractivity contribution in [1.82, 2.24) is 0 Å². The average Bonchev–Trinajstić information content (AvgIpc) is 2.57. The van der Waals surface area contributed by atoms with Crippen LogP contribution in [0, 0.1) is 13.8 Å². The van der Waals surface area contributed by atoms with Crippen molar-refractivity contribution in [3.05, 3.63) is 59.2 Å². The minimum Gasteiger partial charge on any atom is -0.324 e. The van der Waals surface area contributed by atoms with Gasteiger partial charge in [0, 0.05) is 5.69 Å². The van der Waals surface area contributed by atoms with Gasteiger partial charge in [-0.1, -0.05) is 38.1 Å². The van der Waals surface area contributed by atoms with E-state index in [2.05, 4.69) is 19.2 Å². The second-order valence-corrected chi connectivity index (χ2v) is 9.15. The maximum atomic E-state index is 12.8. The number of hydrogen-bond donors (Lipinski definition) is 1. The Labute approximate surface area is 162 Å². The second-order valence-electron chi connectivity index (χ2n) is 7.29. The molecule has 146 valence electrons. The molecule has 0 aromatic heterocycles. The Kier molecular flexibility index (Phi) is 6.31. The quantitative estimate of drug-likeness (QED) is 0.806. The molecule has 1 atom stereocenters. The standard InChI is InChI=1S/C21H28N2O3S/c1-14(2)18-9-11-19(12-10-18)22-21(24)17(5)23(27(6,25)26)20-13-15(3)7-8-16(20)4/h7-14,17H,1-6H3,(H,22,24)/t17-/m1/s1. The summed E-state index contributed by atoms with van der Waals surface area (Å²) in [6.07, 6.45) is 1.12. The van der Waals surface area contributed by atoms with Crippen molar-refractivity contribution in [2.24, 2.45) is 0 Å². The van der Waals surface area contributed by atoms with E-state index in [-0.39, 0.29) is 5.91 Å². The van der Waals surface area contributed by atoms with Crippen LogP contribution >= 0.6 is 0 Å². The lowest BCUT2D eigenvalue weighted by atomic mass is 10.0. The molecule has 0 aliphatic heterocycles. The molecule has 6 heteroatoms. The molecule has 0 aliphatic carbocycles. The van der Waals surface area contributed by atoms with Crippen molar-refractivity contribution in [2.45, 2.75) is 46.6 Å². The van der Waals surface area contributed by atoms with Crippen LogP contribution in [0.15, 0.2) is 42.5 Å². The summed E-state index contributed by atoms with van der Waals surface area (Å²) in [6, 6.07) is 12.3. The predicted octanol–water partition coefficient (Wildman–Crippen LogP) is 4.22. The molecule has 1 amide bonds. The Morgan fingerprint density at radius 2 is 1.59 bits per heavy atom. The van der Waals surface area contributed by atoms with Crippen LogP contribution in [0.3, 0.4) is 0 Å². The lowest BCUT2D eigenvalue weighted by Crippen LogP contribution is -2.45. The Bertz CT molecular complexity index is 919. The van der Waals surface area contributed by atoms with Gasteiger partial charge < -0.3 is 5.32 Å². The van der Waals surface area contributed by atoms with Gasteiger partial charge in [-0.15, -0.1) is 0 Å². The van der Waals surface area contributed by atoms with E-state index in [1.165, 1.54) is 9.87 Å². The van der Waals surface area contributed by atoms with Gasteiger partial charge in [-0.05, 0) is 61.6 Å². The molecule has 0 saturated carbocycles. The third-order valence-electron chi connectivity index (χ3n) is 4.54. The summed E-state index contributed by atoms with van der Waals surface area (Å²) < 4.78 is 26.1. The van der Waals surface area contributed by atoms with E-state index < -0.39 is 16.1 Å². The first-order valence-corrected chi connectivity index (χ1v) is 10.8. The first kappa shape index (κ1) is 21.0. The molecule has 0 unspecified atom stereocenters. The number of aryl methyl sites for hydroxylation is 2. The average molecular weight is 389 g/mol. The van der Waals surface area contributed by atoms with Crippen LogP contribution in [0.2, 0.25) is 0 Å². The van der Waals surface area contributed by atoms with Crippen LogP contribution in [0.1, 0.15) is 43.4 Å². The van der Waals surface area contributed by atoms with E-state index in [1.54, 1.807) is 13.0 Å². The van der Waals surface area contributed by atoms with Crippen molar-refractivity contribution in [3.63, 3.8) is 0 Å². The molecule has 2 aromatic rings. The van der Waals surface area contributed by atoms with Gasteiger partial charge >= 0.3 is 0 Å². The van der Waals surface area contributed by atoms with E-state index >= 15 is 0 Å². The number of sulfonamides is 1. The van der Waals surface area contributed by atoms with Crippen LogP contribution < -0.4 is 9.62 Å². The highest BCUT2D eigenvalue weighted by Gasteiger charge is 2.30. The number of benzene rings is 2. The molecule has 0 bridgehead atoms. The number of anilines is 2. The summed E-state index contributed by atoms with van der Waals surface area (Å²) in [6.45, 7) is 9.53. The summed E-state index contributed by atoms with van der Waals surface area (Å²) in [7, 11) is -3.64. The normalized spacial score (nSPS) is 12.7. The number of rotatable bonds is 6. The van der Waals surface area contributed by atoms with Gasteiger partial charge in [-0.3, -0.25) is 9.10 Å². The zero-order chi connectivity index (χ0) is 20.4. The summed E-state index contributed by atoms with van der Waals surface area (Å²) >= 11 is 0. The van der Waals surface area contributed by atoms with Crippen LogP contribution in [-0.2, 0) is 14.8 Å². The molecule has 0 fully saturated rings. The second kappa shape index (κ2) is 8.13. The summed E-state index contributed by atoms with van der Waals surface area (Å²) in [5.74, 6) is 0.0253. The maximum Gasteiger partial charge on any atom is 0.247 e. The van der Waals surface area contributed by atoms with Gasteiger partial charge in [-0.25, -0.2) is 8.42 Å². The van der Waals surface area contributed by atoms with Crippen molar-refractivity contribution in [1.29, 1.82) is 0 Å². The smallest absolute Gasteiger partial charge is 0.247 e. The highest BCUT2D eigenvalue weighted by molar-refractivity contribution is 7.92. The SMILES string of the molecule is Cc1ccc(C)c(N([C@H](C)C(=O)Nc2ccc(C(C)C)cc2)S(C)(=O)=O)c1. The molecule has 0 aliphatic rings. The maximum absolute atomic E-state index is 12.8. The van der Waals surface area contributed by atoms with Crippen LogP contribution in [-0.4, -0.2) is 26.6 Å². The minimum atomic E-state index is -3.64.